The van der Waals surface area contributed by atoms with Gasteiger partial charge in [-0.25, -0.2) is 5.32 Å². The van der Waals surface area contributed by atoms with E-state index in [-0.39, 0.29) is 0 Å². The van der Waals surface area contributed by atoms with Crippen molar-refractivity contribution < 1.29 is 0 Å². The van der Waals surface area contributed by atoms with Gasteiger partial charge in [0.2, 0.25) is 0 Å². The third kappa shape index (κ3) is 7.96. The molecule has 0 aliphatic carbocycles. The molecule has 0 aromatic heterocycles. The van der Waals surface area contributed by atoms with Gasteiger partial charge in [0.25, 0.3) is 0 Å². The van der Waals surface area contributed by atoms with Crippen LogP contribution in [0.1, 0.15) is 39.5 Å². The largest absolute Gasteiger partial charge is 0.232 e. The van der Waals surface area contributed by atoms with Gasteiger partial charge < -0.3 is 0 Å². The molecule has 9 heavy (non-hydrogen) atoms. The van der Waals surface area contributed by atoms with Gasteiger partial charge in [0, 0.05) is 13.1 Å². The van der Waals surface area contributed by atoms with Gasteiger partial charge in [0.1, 0.15) is 0 Å². The van der Waals surface area contributed by atoms with Gasteiger partial charge in [0.15, 0.2) is 0 Å². The fourth-order valence-corrected chi connectivity index (χ4v) is 0.482. The molecule has 3 radical (unpaired) electrons. The Morgan fingerprint density at radius 3 is 1.78 bits per heavy atom. The van der Waals surface area contributed by atoms with Gasteiger partial charge in [-0.1, -0.05) is 26.7 Å². The number of hydrogen-bond donors (Lipinski definition) is 0. The Hall–Kier alpha value is -0.0400. The zero-order valence-electron chi connectivity index (χ0n) is 6.43. The van der Waals surface area contributed by atoms with Crippen LogP contribution in [0.25, 0.3) is 0 Å². The average molecular weight is 126 g/mol. The van der Waals surface area contributed by atoms with Crippen LogP contribution in [0.4, 0.5) is 0 Å². The lowest BCUT2D eigenvalue weighted by molar-refractivity contribution is 0.738. The molecule has 0 atom stereocenters. The molecule has 1 nitrogen and oxygen atoms in total. The first kappa shape index (κ1) is 8.96. The summed E-state index contributed by atoms with van der Waals surface area (Å²) in [4.78, 5) is 0. The molecule has 0 bridgehead atoms. The van der Waals surface area contributed by atoms with E-state index >= 15 is 0 Å². The first-order valence-corrected chi connectivity index (χ1v) is 3.75. The lowest BCUT2D eigenvalue weighted by Crippen LogP contribution is -1.95. The van der Waals surface area contributed by atoms with E-state index in [1.54, 1.807) is 0 Å². The van der Waals surface area contributed by atoms with Crippen LogP contribution in [0.2, 0.25) is 0 Å². The molecule has 0 saturated heterocycles. The van der Waals surface area contributed by atoms with E-state index in [1.165, 1.54) is 12.8 Å². The first-order chi connectivity index (χ1) is 4.41. The summed E-state index contributed by atoms with van der Waals surface area (Å²) in [5.41, 5.74) is 0. The second-order valence-corrected chi connectivity index (χ2v) is 2.09. The summed E-state index contributed by atoms with van der Waals surface area (Å²) < 4.78 is 0. The van der Waals surface area contributed by atoms with E-state index < -0.39 is 0 Å². The van der Waals surface area contributed by atoms with Gasteiger partial charge >= 0.3 is 0 Å². The van der Waals surface area contributed by atoms with E-state index in [0.29, 0.717) is 0 Å². The molecule has 1 heteroatoms. The predicted molar refractivity (Wildman–Crippen MR) is 40.6 cm³/mol. The monoisotopic (exact) mass is 126 g/mol. The van der Waals surface area contributed by atoms with Crippen molar-refractivity contribution >= 4 is 0 Å². The topological polar surface area (TPSA) is 14.1 Å². The van der Waals surface area contributed by atoms with Gasteiger partial charge in [-0.15, -0.1) is 0 Å². The van der Waals surface area contributed by atoms with Crippen molar-refractivity contribution in [3.63, 3.8) is 0 Å². The maximum Gasteiger partial charge on any atom is 0.0419 e. The summed E-state index contributed by atoms with van der Waals surface area (Å²) in [7, 11) is 0. The number of nitrogens with zero attached hydrogens (tertiary/aromatic N) is 1. The number of hydrogen-bond acceptors (Lipinski definition) is 0. The highest BCUT2D eigenvalue weighted by Crippen LogP contribution is 1.94. The molecule has 0 amide bonds. The van der Waals surface area contributed by atoms with Crippen molar-refractivity contribution in [2.24, 2.45) is 0 Å². The third-order valence-corrected chi connectivity index (χ3v) is 1.05. The minimum atomic E-state index is 1.11. The quantitative estimate of drug-likeness (QED) is 0.485. The SMILES string of the molecule is CCC[CH][N][CH]CCC. The van der Waals surface area contributed by atoms with E-state index in [4.69, 9.17) is 0 Å². The molecule has 0 rings (SSSR count). The summed E-state index contributed by atoms with van der Waals surface area (Å²) in [6, 6.07) is 0. The molecule has 0 N–H and O–H groups in total. The van der Waals surface area contributed by atoms with Crippen molar-refractivity contribution in [2.45, 2.75) is 39.5 Å². The van der Waals surface area contributed by atoms with Crippen LogP contribution in [-0.4, -0.2) is 0 Å². The van der Waals surface area contributed by atoms with Gasteiger partial charge in [-0.05, 0) is 12.8 Å². The van der Waals surface area contributed by atoms with Crippen LogP contribution in [0, 0.1) is 13.1 Å². The van der Waals surface area contributed by atoms with Gasteiger partial charge in [0.05, 0.1) is 0 Å². The predicted octanol–water partition coefficient (Wildman–Crippen LogP) is 2.51. The molecule has 0 saturated carbocycles. The van der Waals surface area contributed by atoms with Crippen LogP contribution in [0.15, 0.2) is 0 Å². The minimum absolute atomic E-state index is 1.11. The summed E-state index contributed by atoms with van der Waals surface area (Å²) >= 11 is 0. The number of rotatable bonds is 6. The second-order valence-electron chi connectivity index (χ2n) is 2.09. The maximum absolute atomic E-state index is 4.10. The van der Waals surface area contributed by atoms with Crippen LogP contribution in [0.3, 0.4) is 0 Å². The van der Waals surface area contributed by atoms with Crippen LogP contribution < -0.4 is 5.32 Å². The molecular weight excluding hydrogens is 110 g/mol. The Morgan fingerprint density at radius 2 is 1.44 bits per heavy atom. The van der Waals surface area contributed by atoms with Crippen molar-refractivity contribution in [1.82, 2.24) is 5.32 Å². The smallest absolute Gasteiger partial charge is 0.0419 e. The first-order valence-electron chi connectivity index (χ1n) is 3.75. The Balaban J connectivity index is 2.60. The van der Waals surface area contributed by atoms with Crippen LogP contribution >= 0.6 is 0 Å². The molecule has 0 spiro atoms. The molecule has 0 unspecified atom stereocenters. The highest BCUT2D eigenvalue weighted by Gasteiger charge is 1.86. The molecule has 0 aliphatic heterocycles. The zero-order valence-corrected chi connectivity index (χ0v) is 6.43. The molecule has 0 fully saturated rings. The fraction of sp³-hybridized carbons (Fsp3) is 0.750. The van der Waals surface area contributed by atoms with Gasteiger partial charge in [-0.2, -0.15) is 0 Å². The van der Waals surface area contributed by atoms with E-state index in [1.807, 2.05) is 13.1 Å². The lowest BCUT2D eigenvalue weighted by Gasteiger charge is -1.96. The summed E-state index contributed by atoms with van der Waals surface area (Å²) in [6.45, 7) is 8.28. The van der Waals surface area contributed by atoms with Crippen LogP contribution in [0.5, 0.6) is 0 Å². The van der Waals surface area contributed by atoms with E-state index in [2.05, 4.69) is 19.2 Å². The normalized spacial score (nSPS) is 10.0. The second kappa shape index (κ2) is 7.96. The molecule has 0 aromatic rings. The summed E-state index contributed by atoms with van der Waals surface area (Å²) in [5.74, 6) is 0. The molecule has 0 aliphatic rings. The highest BCUT2D eigenvalue weighted by atomic mass is 14.8. The Morgan fingerprint density at radius 1 is 1.00 bits per heavy atom. The Kier molecular flexibility index (Phi) is 7.92. The molecule has 53 valence electrons. The van der Waals surface area contributed by atoms with Crippen molar-refractivity contribution in [2.75, 3.05) is 0 Å². The van der Waals surface area contributed by atoms with Gasteiger partial charge in [-0.3, -0.25) is 0 Å². The average Bonchev–Trinajstić information content (AvgIpc) is 1.89. The van der Waals surface area contributed by atoms with Crippen LogP contribution in [-0.2, 0) is 0 Å². The summed E-state index contributed by atoms with van der Waals surface area (Å²) in [5, 5.41) is 4.10. The molecular formula is C8H16N. The maximum atomic E-state index is 4.10. The molecule has 0 aromatic carbocycles. The molecule has 0 heterocycles. The Bertz CT molecular complexity index is 37.8. The lowest BCUT2D eigenvalue weighted by atomic mass is 10.3. The minimum Gasteiger partial charge on any atom is -0.232 e. The zero-order chi connectivity index (χ0) is 6.95. The van der Waals surface area contributed by atoms with E-state index in [0.717, 1.165) is 12.8 Å². The Labute approximate surface area is 58.8 Å². The van der Waals surface area contributed by atoms with Crippen molar-refractivity contribution in [3.05, 3.63) is 13.1 Å². The third-order valence-electron chi connectivity index (χ3n) is 1.05. The summed E-state index contributed by atoms with van der Waals surface area (Å²) in [6.07, 6.45) is 4.62. The highest BCUT2D eigenvalue weighted by molar-refractivity contribution is 4.67. The fourth-order valence-electron chi connectivity index (χ4n) is 0.482. The van der Waals surface area contributed by atoms with Crippen molar-refractivity contribution in [3.8, 4) is 0 Å². The van der Waals surface area contributed by atoms with E-state index in [9.17, 15) is 0 Å². The van der Waals surface area contributed by atoms with Crippen molar-refractivity contribution in [1.29, 1.82) is 0 Å². The number of unbranched alkanes of at least 4 members (excludes halogenated alkanes) is 2. The standard InChI is InChI=1S/C8H16N/c1-3-5-7-9-8-6-4-2/h7-8H,3-6H2,1-2H3.